The Kier molecular flexibility index (Phi) is 3.03. The van der Waals surface area contributed by atoms with Crippen molar-refractivity contribution in [1.29, 1.82) is 0 Å². The van der Waals surface area contributed by atoms with Crippen molar-refractivity contribution in [1.82, 2.24) is 0 Å². The molecule has 4 nitrogen and oxygen atoms in total. The Morgan fingerprint density at radius 1 is 1.28 bits per heavy atom. The molecule has 0 aliphatic carbocycles. The molecule has 18 heavy (non-hydrogen) atoms. The van der Waals surface area contributed by atoms with Crippen LogP contribution in [-0.4, -0.2) is 25.9 Å². The van der Waals surface area contributed by atoms with Crippen molar-refractivity contribution < 1.29 is 18.3 Å². The van der Waals surface area contributed by atoms with E-state index in [2.05, 4.69) is 0 Å². The standard InChI is InChI=1S/C13H14FNO3/c14-9-1-2-10-8(5-9)6-11(18-10)13(15)12-7-16-3-4-17-12/h1-2,5-6,12-13H,3-4,7,15H2. The Morgan fingerprint density at radius 2 is 2.17 bits per heavy atom. The number of nitrogens with two attached hydrogens (primary N) is 1. The summed E-state index contributed by atoms with van der Waals surface area (Å²) < 4.78 is 29.5. The van der Waals surface area contributed by atoms with Gasteiger partial charge in [-0.15, -0.1) is 0 Å². The summed E-state index contributed by atoms with van der Waals surface area (Å²) in [5.74, 6) is 0.298. The SMILES string of the molecule is NC(c1cc2cc(F)ccc2o1)C1COCCO1. The van der Waals surface area contributed by atoms with Crippen molar-refractivity contribution in [3.63, 3.8) is 0 Å². The third kappa shape index (κ3) is 2.12. The fourth-order valence-corrected chi connectivity index (χ4v) is 2.10. The Hall–Kier alpha value is -1.43. The first kappa shape index (κ1) is 11.6. The van der Waals surface area contributed by atoms with Gasteiger partial charge >= 0.3 is 0 Å². The van der Waals surface area contributed by atoms with Crippen molar-refractivity contribution in [2.75, 3.05) is 19.8 Å². The first-order valence-electron chi connectivity index (χ1n) is 5.88. The average Bonchev–Trinajstić information content (AvgIpc) is 2.81. The van der Waals surface area contributed by atoms with Crippen LogP contribution in [0, 0.1) is 5.82 Å². The molecule has 2 unspecified atom stereocenters. The normalized spacial score (nSPS) is 22.2. The lowest BCUT2D eigenvalue weighted by atomic mass is 10.1. The molecule has 2 aromatic rings. The summed E-state index contributed by atoms with van der Waals surface area (Å²) >= 11 is 0. The molecule has 0 amide bonds. The molecular formula is C13H14FNO3. The van der Waals surface area contributed by atoms with E-state index in [1.54, 1.807) is 12.1 Å². The largest absolute Gasteiger partial charge is 0.459 e. The maximum Gasteiger partial charge on any atom is 0.134 e. The molecule has 1 aliphatic rings. The fraction of sp³-hybridized carbons (Fsp3) is 0.385. The van der Waals surface area contributed by atoms with E-state index in [1.807, 2.05) is 0 Å². The Balaban J connectivity index is 1.88. The maximum absolute atomic E-state index is 13.1. The molecule has 2 atom stereocenters. The first-order valence-corrected chi connectivity index (χ1v) is 5.88. The summed E-state index contributed by atoms with van der Waals surface area (Å²) in [6.07, 6.45) is -0.218. The zero-order chi connectivity index (χ0) is 12.5. The van der Waals surface area contributed by atoms with E-state index in [0.717, 1.165) is 0 Å². The summed E-state index contributed by atoms with van der Waals surface area (Å²) in [5.41, 5.74) is 6.70. The van der Waals surface area contributed by atoms with Gasteiger partial charge in [0.25, 0.3) is 0 Å². The predicted molar refractivity (Wildman–Crippen MR) is 63.7 cm³/mol. The molecule has 2 N–H and O–H groups in total. The smallest absolute Gasteiger partial charge is 0.134 e. The van der Waals surface area contributed by atoms with Crippen LogP contribution in [-0.2, 0) is 9.47 Å². The van der Waals surface area contributed by atoms with Gasteiger partial charge in [-0.3, -0.25) is 0 Å². The minimum atomic E-state index is -0.402. The van der Waals surface area contributed by atoms with Crippen LogP contribution < -0.4 is 5.73 Å². The molecule has 5 heteroatoms. The number of furan rings is 1. The summed E-state index contributed by atoms with van der Waals surface area (Å²) in [6, 6.07) is 5.73. The highest BCUT2D eigenvalue weighted by Gasteiger charge is 2.26. The van der Waals surface area contributed by atoms with Crippen molar-refractivity contribution in [3.05, 3.63) is 35.8 Å². The van der Waals surface area contributed by atoms with E-state index in [0.29, 0.717) is 36.6 Å². The van der Waals surface area contributed by atoms with Crippen LogP contribution in [0.15, 0.2) is 28.7 Å². The van der Waals surface area contributed by atoms with E-state index < -0.39 is 6.04 Å². The Labute approximate surface area is 103 Å². The summed E-state index contributed by atoms with van der Waals surface area (Å²) in [4.78, 5) is 0. The van der Waals surface area contributed by atoms with Gasteiger partial charge in [0.2, 0.25) is 0 Å². The van der Waals surface area contributed by atoms with E-state index in [4.69, 9.17) is 19.6 Å². The monoisotopic (exact) mass is 251 g/mol. The van der Waals surface area contributed by atoms with Crippen molar-refractivity contribution in [2.45, 2.75) is 12.1 Å². The van der Waals surface area contributed by atoms with Crippen molar-refractivity contribution in [3.8, 4) is 0 Å². The van der Waals surface area contributed by atoms with Crippen LogP contribution >= 0.6 is 0 Å². The summed E-state index contributed by atoms with van der Waals surface area (Å²) in [6.45, 7) is 1.58. The van der Waals surface area contributed by atoms with Gasteiger partial charge in [-0.25, -0.2) is 4.39 Å². The van der Waals surface area contributed by atoms with Crippen LogP contribution in [0.4, 0.5) is 4.39 Å². The number of fused-ring (bicyclic) bond motifs is 1. The fourth-order valence-electron chi connectivity index (χ4n) is 2.10. The van der Waals surface area contributed by atoms with Crippen LogP contribution in [0.1, 0.15) is 11.8 Å². The molecular weight excluding hydrogens is 237 g/mol. The van der Waals surface area contributed by atoms with E-state index in [1.165, 1.54) is 12.1 Å². The number of ether oxygens (including phenoxy) is 2. The summed E-state index contributed by atoms with van der Waals surface area (Å²) in [7, 11) is 0. The van der Waals surface area contributed by atoms with Gasteiger partial charge in [-0.05, 0) is 24.3 Å². The van der Waals surface area contributed by atoms with Gasteiger partial charge in [-0.1, -0.05) is 0 Å². The van der Waals surface area contributed by atoms with Gasteiger partial charge in [0.05, 0.1) is 25.9 Å². The van der Waals surface area contributed by atoms with Gasteiger partial charge in [0.1, 0.15) is 23.3 Å². The van der Waals surface area contributed by atoms with E-state index in [9.17, 15) is 4.39 Å². The second kappa shape index (κ2) is 4.68. The topological polar surface area (TPSA) is 57.6 Å². The number of hydrogen-bond acceptors (Lipinski definition) is 4. The third-order valence-electron chi connectivity index (χ3n) is 3.07. The minimum absolute atomic E-state index is 0.218. The number of hydrogen-bond donors (Lipinski definition) is 1. The molecule has 2 heterocycles. The molecule has 1 aliphatic heterocycles. The van der Waals surface area contributed by atoms with Crippen LogP contribution in [0.3, 0.4) is 0 Å². The molecule has 0 spiro atoms. The lowest BCUT2D eigenvalue weighted by Crippen LogP contribution is -2.37. The first-order chi connectivity index (χ1) is 8.74. The zero-order valence-electron chi connectivity index (χ0n) is 9.77. The average molecular weight is 251 g/mol. The predicted octanol–water partition coefficient (Wildman–Crippen LogP) is 1.99. The molecule has 3 rings (SSSR count). The van der Waals surface area contributed by atoms with Gasteiger partial charge in [0, 0.05) is 5.39 Å². The molecule has 1 fully saturated rings. The Bertz CT molecular complexity index is 548. The van der Waals surface area contributed by atoms with Crippen LogP contribution in [0.2, 0.25) is 0 Å². The third-order valence-corrected chi connectivity index (χ3v) is 3.07. The minimum Gasteiger partial charge on any atom is -0.459 e. The Morgan fingerprint density at radius 3 is 2.94 bits per heavy atom. The summed E-state index contributed by atoms with van der Waals surface area (Å²) in [5, 5.41) is 0.706. The molecule has 1 saturated heterocycles. The molecule has 0 saturated carbocycles. The van der Waals surface area contributed by atoms with Crippen molar-refractivity contribution in [2.24, 2.45) is 5.73 Å². The zero-order valence-corrected chi connectivity index (χ0v) is 9.77. The molecule has 1 aromatic carbocycles. The second-order valence-corrected chi connectivity index (χ2v) is 4.34. The lowest BCUT2D eigenvalue weighted by molar-refractivity contribution is -0.0994. The van der Waals surface area contributed by atoms with Crippen LogP contribution in [0.25, 0.3) is 11.0 Å². The van der Waals surface area contributed by atoms with Gasteiger partial charge in [0.15, 0.2) is 0 Å². The number of halogens is 1. The van der Waals surface area contributed by atoms with E-state index in [-0.39, 0.29) is 11.9 Å². The highest BCUT2D eigenvalue weighted by Crippen LogP contribution is 2.26. The maximum atomic E-state index is 13.1. The van der Waals surface area contributed by atoms with E-state index >= 15 is 0 Å². The van der Waals surface area contributed by atoms with Crippen molar-refractivity contribution >= 4 is 11.0 Å². The van der Waals surface area contributed by atoms with Gasteiger partial charge < -0.3 is 19.6 Å². The molecule has 1 aromatic heterocycles. The lowest BCUT2D eigenvalue weighted by Gasteiger charge is -2.26. The van der Waals surface area contributed by atoms with Crippen LogP contribution in [0.5, 0.6) is 0 Å². The molecule has 0 bridgehead atoms. The number of benzene rings is 1. The number of rotatable bonds is 2. The quantitative estimate of drug-likeness (QED) is 0.886. The molecule has 0 radical (unpaired) electrons. The van der Waals surface area contributed by atoms with Gasteiger partial charge in [-0.2, -0.15) is 0 Å². The highest BCUT2D eigenvalue weighted by molar-refractivity contribution is 5.78. The molecule has 96 valence electrons. The highest BCUT2D eigenvalue weighted by atomic mass is 19.1. The second-order valence-electron chi connectivity index (χ2n) is 4.34.